The van der Waals surface area contributed by atoms with E-state index in [1.165, 1.54) is 29.2 Å². The molecule has 0 bridgehead atoms. The standard InChI is InChI=1S/C11H12N2O5S.C11H14N2O3S/c14-11(12-5-7-19(17,18)8-6-12)9-1-3-10(4-2-9)13(15)16;12-10-3-1-9(2-4-10)11(14)13-5-7-17(15,16)8-6-13/h1-4H,5-8H2;1-4H,5-8,12H2. The number of hydrogen-bond acceptors (Lipinski definition) is 9. The lowest BCUT2D eigenvalue weighted by Crippen LogP contribution is -2.43. The Hall–Kier alpha value is -3.52. The minimum Gasteiger partial charge on any atom is -0.399 e. The third-order valence-electron chi connectivity index (χ3n) is 5.75. The number of carbonyl (C=O) groups is 2. The maximum Gasteiger partial charge on any atom is 0.269 e. The van der Waals surface area contributed by atoms with E-state index in [2.05, 4.69) is 0 Å². The molecule has 0 atom stereocenters. The van der Waals surface area contributed by atoms with Crippen LogP contribution in [0.15, 0.2) is 48.5 Å². The Bertz CT molecular complexity index is 1310. The lowest BCUT2D eigenvalue weighted by Gasteiger charge is -2.26. The molecule has 2 aliphatic heterocycles. The summed E-state index contributed by atoms with van der Waals surface area (Å²) in [5.74, 6) is -0.413. The molecule has 2 heterocycles. The van der Waals surface area contributed by atoms with Crippen molar-refractivity contribution in [1.82, 2.24) is 9.80 Å². The molecule has 0 unspecified atom stereocenters. The van der Waals surface area contributed by atoms with Crippen molar-refractivity contribution in [2.24, 2.45) is 0 Å². The van der Waals surface area contributed by atoms with Crippen LogP contribution in [0.3, 0.4) is 0 Å². The van der Waals surface area contributed by atoms with Crippen LogP contribution in [0.2, 0.25) is 0 Å². The monoisotopic (exact) mass is 538 g/mol. The van der Waals surface area contributed by atoms with Crippen LogP contribution >= 0.6 is 0 Å². The molecule has 0 aliphatic carbocycles. The van der Waals surface area contributed by atoms with Gasteiger partial charge in [-0.3, -0.25) is 19.7 Å². The Morgan fingerprint density at radius 3 is 1.36 bits per heavy atom. The molecule has 36 heavy (non-hydrogen) atoms. The summed E-state index contributed by atoms with van der Waals surface area (Å²) in [5.41, 5.74) is 6.92. The Morgan fingerprint density at radius 1 is 0.694 bits per heavy atom. The number of anilines is 1. The number of nitro benzene ring substituents is 1. The second-order valence-electron chi connectivity index (χ2n) is 8.31. The van der Waals surface area contributed by atoms with Crippen molar-refractivity contribution in [3.05, 3.63) is 69.8 Å². The molecule has 2 saturated heterocycles. The maximum atomic E-state index is 12.1. The number of non-ortho nitro benzene ring substituents is 1. The topological polar surface area (TPSA) is 178 Å². The highest BCUT2D eigenvalue weighted by atomic mass is 32.2. The molecule has 2 aromatic rings. The van der Waals surface area contributed by atoms with Crippen LogP contribution in [-0.4, -0.2) is 92.6 Å². The number of carbonyl (C=O) groups excluding carboxylic acids is 2. The molecule has 2 aromatic carbocycles. The highest BCUT2D eigenvalue weighted by Gasteiger charge is 2.26. The van der Waals surface area contributed by atoms with E-state index in [9.17, 15) is 36.5 Å². The third-order valence-corrected chi connectivity index (χ3v) is 8.96. The number of amides is 2. The molecule has 0 radical (unpaired) electrons. The Balaban J connectivity index is 0.000000202. The van der Waals surface area contributed by atoms with Gasteiger partial charge in [-0.25, -0.2) is 16.8 Å². The van der Waals surface area contributed by atoms with Gasteiger partial charge in [-0.2, -0.15) is 0 Å². The number of nitrogen functional groups attached to an aromatic ring is 1. The predicted octanol–water partition coefficient (Wildman–Crippen LogP) is 0.605. The Labute approximate surface area is 208 Å². The van der Waals surface area contributed by atoms with Gasteiger partial charge < -0.3 is 15.5 Å². The number of hydrogen-bond donors (Lipinski definition) is 1. The molecular formula is C22H26N4O8S2. The van der Waals surface area contributed by atoms with E-state index in [-0.39, 0.29) is 66.7 Å². The summed E-state index contributed by atoms with van der Waals surface area (Å²) in [6, 6.07) is 11.9. The fraction of sp³-hybridized carbons (Fsp3) is 0.364. The minimum atomic E-state index is -3.03. The average molecular weight is 539 g/mol. The smallest absolute Gasteiger partial charge is 0.269 e. The minimum absolute atomic E-state index is 0.0360. The summed E-state index contributed by atoms with van der Waals surface area (Å²) >= 11 is 0. The number of nitro groups is 1. The van der Waals surface area contributed by atoms with Crippen molar-refractivity contribution < 1.29 is 31.3 Å². The van der Waals surface area contributed by atoms with Gasteiger partial charge in [0.1, 0.15) is 0 Å². The number of rotatable bonds is 3. The second-order valence-corrected chi connectivity index (χ2v) is 12.9. The number of sulfone groups is 2. The van der Waals surface area contributed by atoms with Gasteiger partial charge >= 0.3 is 0 Å². The highest BCUT2D eigenvalue weighted by Crippen LogP contribution is 2.15. The molecule has 0 saturated carbocycles. The van der Waals surface area contributed by atoms with Gasteiger partial charge in [-0.05, 0) is 36.4 Å². The van der Waals surface area contributed by atoms with Crippen LogP contribution in [0.4, 0.5) is 11.4 Å². The Morgan fingerprint density at radius 2 is 1.03 bits per heavy atom. The lowest BCUT2D eigenvalue weighted by atomic mass is 10.2. The third kappa shape index (κ3) is 7.24. The van der Waals surface area contributed by atoms with Crippen molar-refractivity contribution in [3.63, 3.8) is 0 Å². The van der Waals surface area contributed by atoms with Crippen LogP contribution in [0, 0.1) is 10.1 Å². The molecule has 0 spiro atoms. The van der Waals surface area contributed by atoms with Crippen LogP contribution in [-0.2, 0) is 19.7 Å². The van der Waals surface area contributed by atoms with Crippen molar-refractivity contribution in [3.8, 4) is 0 Å². The lowest BCUT2D eigenvalue weighted by molar-refractivity contribution is -0.384. The van der Waals surface area contributed by atoms with Crippen molar-refractivity contribution in [1.29, 1.82) is 0 Å². The van der Waals surface area contributed by atoms with Crippen molar-refractivity contribution >= 4 is 42.9 Å². The average Bonchev–Trinajstić information content (AvgIpc) is 2.84. The zero-order valence-corrected chi connectivity index (χ0v) is 20.9. The summed E-state index contributed by atoms with van der Waals surface area (Å²) in [6.45, 7) is 0.868. The quantitative estimate of drug-likeness (QED) is 0.333. The van der Waals surface area contributed by atoms with E-state index in [1.54, 1.807) is 29.2 Å². The molecule has 2 aliphatic rings. The largest absolute Gasteiger partial charge is 0.399 e. The van der Waals surface area contributed by atoms with Gasteiger partial charge in [0.2, 0.25) is 0 Å². The molecule has 2 amide bonds. The molecule has 14 heteroatoms. The number of nitrogens with zero attached hydrogens (tertiary/aromatic N) is 3. The van der Waals surface area contributed by atoms with Gasteiger partial charge in [0.05, 0.1) is 27.9 Å². The zero-order valence-electron chi connectivity index (χ0n) is 19.3. The van der Waals surface area contributed by atoms with E-state index in [1.807, 2.05) is 0 Å². The molecule has 0 aromatic heterocycles. The van der Waals surface area contributed by atoms with E-state index >= 15 is 0 Å². The van der Waals surface area contributed by atoms with E-state index in [4.69, 9.17) is 5.73 Å². The predicted molar refractivity (Wildman–Crippen MR) is 133 cm³/mol. The summed E-state index contributed by atoms with van der Waals surface area (Å²) in [7, 11) is -5.98. The molecular weight excluding hydrogens is 512 g/mol. The summed E-state index contributed by atoms with van der Waals surface area (Å²) in [5, 5.41) is 10.5. The van der Waals surface area contributed by atoms with E-state index < -0.39 is 24.6 Å². The summed E-state index contributed by atoms with van der Waals surface area (Å²) in [4.78, 5) is 37.0. The first-order chi connectivity index (χ1) is 16.9. The SMILES string of the molecule is Nc1ccc(C(=O)N2CCS(=O)(=O)CC2)cc1.O=C(c1ccc([N+](=O)[O-])cc1)N1CCS(=O)(=O)CC1. The zero-order chi connectivity index (χ0) is 26.5. The first-order valence-corrected chi connectivity index (χ1v) is 14.6. The molecule has 12 nitrogen and oxygen atoms in total. The number of nitrogens with two attached hydrogens (primary N) is 1. The fourth-order valence-corrected chi connectivity index (χ4v) is 5.95. The van der Waals surface area contributed by atoms with Gasteiger partial charge in [0.25, 0.3) is 17.5 Å². The molecule has 194 valence electrons. The van der Waals surface area contributed by atoms with Gasteiger partial charge in [-0.15, -0.1) is 0 Å². The molecule has 2 fully saturated rings. The van der Waals surface area contributed by atoms with E-state index in [0.29, 0.717) is 16.8 Å². The summed E-state index contributed by atoms with van der Waals surface area (Å²) < 4.78 is 45.0. The highest BCUT2D eigenvalue weighted by molar-refractivity contribution is 7.91. The first-order valence-electron chi connectivity index (χ1n) is 11.0. The van der Waals surface area contributed by atoms with Crippen LogP contribution in [0.25, 0.3) is 0 Å². The first kappa shape index (κ1) is 27.1. The van der Waals surface area contributed by atoms with Crippen LogP contribution < -0.4 is 5.73 Å². The maximum absolute atomic E-state index is 12.1. The second kappa shape index (κ2) is 11.0. The van der Waals surface area contributed by atoms with Crippen LogP contribution in [0.5, 0.6) is 0 Å². The number of benzene rings is 2. The van der Waals surface area contributed by atoms with Crippen molar-refractivity contribution in [2.45, 2.75) is 0 Å². The molecule has 4 rings (SSSR count). The van der Waals surface area contributed by atoms with Gasteiger partial charge in [-0.1, -0.05) is 0 Å². The molecule has 2 N–H and O–H groups in total. The van der Waals surface area contributed by atoms with E-state index in [0.717, 1.165) is 0 Å². The van der Waals surface area contributed by atoms with Crippen LogP contribution in [0.1, 0.15) is 20.7 Å². The van der Waals surface area contributed by atoms with Gasteiger partial charge in [0, 0.05) is 55.1 Å². The summed E-state index contributed by atoms with van der Waals surface area (Å²) in [6.07, 6.45) is 0. The fourth-order valence-electron chi connectivity index (χ4n) is 3.55. The Kier molecular flexibility index (Phi) is 8.30. The normalized spacial score (nSPS) is 18.4. The van der Waals surface area contributed by atoms with Crippen molar-refractivity contribution in [2.75, 3.05) is 54.9 Å². The van der Waals surface area contributed by atoms with Gasteiger partial charge in [0.15, 0.2) is 19.7 Å².